The molecule has 23 heavy (non-hydrogen) atoms. The van der Waals surface area contributed by atoms with Gasteiger partial charge in [-0.2, -0.15) is 0 Å². The highest BCUT2D eigenvalue weighted by Crippen LogP contribution is 2.33. The van der Waals surface area contributed by atoms with E-state index in [4.69, 9.17) is 13.9 Å². The summed E-state index contributed by atoms with van der Waals surface area (Å²) in [6.45, 7) is 5.53. The van der Waals surface area contributed by atoms with Crippen LogP contribution in [-0.4, -0.2) is 18.7 Å². The van der Waals surface area contributed by atoms with Crippen LogP contribution in [0.5, 0.6) is 5.75 Å². The van der Waals surface area contributed by atoms with Gasteiger partial charge in [0.1, 0.15) is 11.3 Å². The fraction of sp³-hybridized carbons (Fsp3) is 0.444. The molecule has 1 aromatic carbocycles. The summed E-state index contributed by atoms with van der Waals surface area (Å²) in [6, 6.07) is 3.73. The molecule has 0 bridgehead atoms. The van der Waals surface area contributed by atoms with Crippen molar-refractivity contribution in [3.63, 3.8) is 0 Å². The SMILES string of the molecule is CCOC(=O)C(C)Oc1ccc2c3c(c(=O)oc2c1C)CCC3. The number of rotatable bonds is 4. The van der Waals surface area contributed by atoms with Crippen LogP contribution >= 0.6 is 0 Å². The molecule has 1 aliphatic carbocycles. The van der Waals surface area contributed by atoms with Crippen LogP contribution in [-0.2, 0) is 22.4 Å². The molecule has 2 aromatic rings. The molecule has 0 fully saturated rings. The molecule has 0 spiro atoms. The van der Waals surface area contributed by atoms with Crippen molar-refractivity contribution >= 4 is 16.9 Å². The molecule has 0 N–H and O–H groups in total. The van der Waals surface area contributed by atoms with Crippen molar-refractivity contribution in [2.24, 2.45) is 0 Å². The van der Waals surface area contributed by atoms with Gasteiger partial charge in [-0.05, 0) is 57.7 Å². The van der Waals surface area contributed by atoms with E-state index in [0.29, 0.717) is 17.9 Å². The number of fused-ring (bicyclic) bond motifs is 3. The smallest absolute Gasteiger partial charge is 0.347 e. The molecule has 5 heteroatoms. The Balaban J connectivity index is 2.01. The summed E-state index contributed by atoms with van der Waals surface area (Å²) in [6.07, 6.45) is 1.95. The monoisotopic (exact) mass is 316 g/mol. The number of aryl methyl sites for hydroxylation is 2. The molecule has 0 amide bonds. The van der Waals surface area contributed by atoms with Gasteiger partial charge in [-0.25, -0.2) is 9.59 Å². The van der Waals surface area contributed by atoms with Crippen LogP contribution in [0.1, 0.15) is 37.0 Å². The van der Waals surface area contributed by atoms with E-state index in [2.05, 4.69) is 0 Å². The number of benzene rings is 1. The van der Waals surface area contributed by atoms with Gasteiger partial charge in [-0.15, -0.1) is 0 Å². The summed E-state index contributed by atoms with van der Waals surface area (Å²) in [4.78, 5) is 23.8. The van der Waals surface area contributed by atoms with E-state index in [1.54, 1.807) is 13.8 Å². The molecule has 1 unspecified atom stereocenters. The first-order chi connectivity index (χ1) is 11.0. The summed E-state index contributed by atoms with van der Waals surface area (Å²) < 4.78 is 16.1. The van der Waals surface area contributed by atoms with Crippen molar-refractivity contribution in [1.82, 2.24) is 0 Å². The third-order valence-corrected chi connectivity index (χ3v) is 4.26. The van der Waals surface area contributed by atoms with E-state index in [0.717, 1.165) is 41.3 Å². The van der Waals surface area contributed by atoms with Crippen LogP contribution < -0.4 is 10.4 Å². The van der Waals surface area contributed by atoms with Crippen LogP contribution in [0.15, 0.2) is 21.3 Å². The Hall–Kier alpha value is -2.30. The highest BCUT2D eigenvalue weighted by molar-refractivity contribution is 5.86. The maximum atomic E-state index is 12.1. The van der Waals surface area contributed by atoms with Crippen LogP contribution in [0.3, 0.4) is 0 Å². The van der Waals surface area contributed by atoms with Gasteiger partial charge in [-0.1, -0.05) is 0 Å². The molecule has 0 radical (unpaired) electrons. The van der Waals surface area contributed by atoms with Crippen molar-refractivity contribution in [1.29, 1.82) is 0 Å². The molecule has 0 aliphatic heterocycles. The largest absolute Gasteiger partial charge is 0.479 e. The Bertz CT molecular complexity index is 818. The molecule has 3 rings (SSSR count). The second-order valence-corrected chi connectivity index (χ2v) is 5.78. The molecule has 0 saturated heterocycles. The Labute approximate surface area is 134 Å². The summed E-state index contributed by atoms with van der Waals surface area (Å²) in [5.41, 5.74) is 2.90. The number of ether oxygens (including phenoxy) is 2. The summed E-state index contributed by atoms with van der Waals surface area (Å²) in [7, 11) is 0. The fourth-order valence-corrected chi connectivity index (χ4v) is 3.09. The van der Waals surface area contributed by atoms with Crippen LogP contribution in [0, 0.1) is 6.92 Å². The molecule has 122 valence electrons. The first-order valence-corrected chi connectivity index (χ1v) is 7.94. The molecule has 5 nitrogen and oxygen atoms in total. The van der Waals surface area contributed by atoms with E-state index in [1.165, 1.54) is 0 Å². The predicted molar refractivity (Wildman–Crippen MR) is 86.0 cm³/mol. The zero-order chi connectivity index (χ0) is 16.6. The van der Waals surface area contributed by atoms with E-state index in [1.807, 2.05) is 19.1 Å². The second kappa shape index (κ2) is 6.07. The lowest BCUT2D eigenvalue weighted by atomic mass is 10.0. The molecule has 0 saturated carbocycles. The Morgan fingerprint density at radius 1 is 1.30 bits per heavy atom. The van der Waals surface area contributed by atoms with E-state index in [9.17, 15) is 9.59 Å². The molecule has 1 aromatic heterocycles. The number of esters is 1. The first-order valence-electron chi connectivity index (χ1n) is 7.94. The molecule has 1 atom stereocenters. The lowest BCUT2D eigenvalue weighted by Gasteiger charge is -2.16. The van der Waals surface area contributed by atoms with Crippen molar-refractivity contribution in [2.45, 2.75) is 46.1 Å². The summed E-state index contributed by atoms with van der Waals surface area (Å²) >= 11 is 0. The van der Waals surface area contributed by atoms with Crippen LogP contribution in [0.2, 0.25) is 0 Å². The quantitative estimate of drug-likeness (QED) is 0.641. The first kappa shape index (κ1) is 15.6. The Morgan fingerprint density at radius 2 is 2.04 bits per heavy atom. The zero-order valence-corrected chi connectivity index (χ0v) is 13.6. The molecule has 1 aliphatic rings. The summed E-state index contributed by atoms with van der Waals surface area (Å²) in [5.74, 6) is 0.113. The topological polar surface area (TPSA) is 65.7 Å². The second-order valence-electron chi connectivity index (χ2n) is 5.78. The highest BCUT2D eigenvalue weighted by atomic mass is 16.6. The van der Waals surface area contributed by atoms with Gasteiger partial charge in [0, 0.05) is 16.5 Å². The van der Waals surface area contributed by atoms with Crippen molar-refractivity contribution in [3.05, 3.63) is 39.2 Å². The van der Waals surface area contributed by atoms with Gasteiger partial charge in [0.2, 0.25) is 0 Å². The molecule has 1 heterocycles. The third kappa shape index (κ3) is 2.71. The minimum Gasteiger partial charge on any atom is -0.479 e. The minimum absolute atomic E-state index is 0.260. The van der Waals surface area contributed by atoms with Crippen molar-refractivity contribution in [2.75, 3.05) is 6.61 Å². The lowest BCUT2D eigenvalue weighted by Crippen LogP contribution is -2.26. The average molecular weight is 316 g/mol. The van der Waals surface area contributed by atoms with Crippen LogP contribution in [0.4, 0.5) is 0 Å². The van der Waals surface area contributed by atoms with Crippen LogP contribution in [0.25, 0.3) is 11.0 Å². The maximum Gasteiger partial charge on any atom is 0.347 e. The number of hydrogen-bond acceptors (Lipinski definition) is 5. The molecular formula is C18H20O5. The number of carbonyl (C=O) groups excluding carboxylic acids is 1. The highest BCUT2D eigenvalue weighted by Gasteiger charge is 2.22. The van der Waals surface area contributed by atoms with E-state index < -0.39 is 12.1 Å². The standard InChI is InChI=1S/C18H20O5/c1-4-21-17(19)11(3)22-15-9-8-13-12-6-5-7-14(12)18(20)23-16(13)10(15)2/h8-9,11H,4-7H2,1-3H3. The third-order valence-electron chi connectivity index (χ3n) is 4.26. The minimum atomic E-state index is -0.716. The van der Waals surface area contributed by atoms with Gasteiger partial charge < -0.3 is 13.9 Å². The van der Waals surface area contributed by atoms with Gasteiger partial charge in [-0.3, -0.25) is 0 Å². The number of hydrogen-bond donors (Lipinski definition) is 0. The maximum absolute atomic E-state index is 12.1. The van der Waals surface area contributed by atoms with Crippen molar-refractivity contribution in [3.8, 4) is 5.75 Å². The Morgan fingerprint density at radius 3 is 2.78 bits per heavy atom. The van der Waals surface area contributed by atoms with Gasteiger partial charge >= 0.3 is 11.6 Å². The normalized spacial score (nSPS) is 14.6. The van der Waals surface area contributed by atoms with Gasteiger partial charge in [0.15, 0.2) is 6.10 Å². The van der Waals surface area contributed by atoms with E-state index in [-0.39, 0.29) is 5.63 Å². The number of carbonyl (C=O) groups is 1. The fourth-order valence-electron chi connectivity index (χ4n) is 3.09. The molecular weight excluding hydrogens is 296 g/mol. The average Bonchev–Trinajstić information content (AvgIpc) is 3.01. The lowest BCUT2D eigenvalue weighted by molar-refractivity contribution is -0.150. The van der Waals surface area contributed by atoms with Crippen molar-refractivity contribution < 1.29 is 18.7 Å². The summed E-state index contributed by atoms with van der Waals surface area (Å²) in [5, 5.41) is 0.964. The predicted octanol–water partition coefficient (Wildman–Crippen LogP) is 2.92. The van der Waals surface area contributed by atoms with Gasteiger partial charge in [0.05, 0.1) is 6.61 Å². The Kier molecular flexibility index (Phi) is 4.11. The van der Waals surface area contributed by atoms with E-state index >= 15 is 0 Å². The zero-order valence-electron chi connectivity index (χ0n) is 13.6. The van der Waals surface area contributed by atoms with Gasteiger partial charge in [0.25, 0.3) is 0 Å².